The molecular weight excluding hydrogens is 366 g/mol. The number of azo groups is 1. The number of fused-ring (bicyclic) bond motifs is 1. The Kier molecular flexibility index (Phi) is 6.81. The lowest BCUT2D eigenvalue weighted by Gasteiger charge is -2.22. The highest BCUT2D eigenvalue weighted by atomic mass is 15.1. The number of rotatable bonds is 3. The summed E-state index contributed by atoms with van der Waals surface area (Å²) in [5.41, 5.74) is 12.4. The summed E-state index contributed by atoms with van der Waals surface area (Å²) < 4.78 is 0. The summed E-state index contributed by atoms with van der Waals surface area (Å²) in [6, 6.07) is 8.73. The Labute approximate surface area is 181 Å². The Hall–Kier alpha value is -2.81. The van der Waals surface area contributed by atoms with Crippen molar-refractivity contribution >= 4 is 16.8 Å². The fourth-order valence-corrected chi connectivity index (χ4v) is 4.62. The lowest BCUT2D eigenvalue weighted by molar-refractivity contribution is 0.703. The van der Waals surface area contributed by atoms with Gasteiger partial charge in [-0.05, 0) is 79.2 Å². The molecule has 3 heteroatoms. The van der Waals surface area contributed by atoms with E-state index < -0.39 is 0 Å². The minimum atomic E-state index is 0.614. The second-order valence-corrected chi connectivity index (χ2v) is 8.03. The van der Waals surface area contributed by atoms with Crippen molar-refractivity contribution in [1.29, 1.82) is 0 Å². The van der Waals surface area contributed by atoms with Gasteiger partial charge in [0.25, 0.3) is 0 Å². The Morgan fingerprint density at radius 3 is 2.47 bits per heavy atom. The molecule has 0 amide bonds. The van der Waals surface area contributed by atoms with E-state index in [2.05, 4.69) is 80.5 Å². The van der Waals surface area contributed by atoms with Gasteiger partial charge in [0.05, 0.1) is 11.4 Å². The van der Waals surface area contributed by atoms with Crippen LogP contribution < -0.4 is 0 Å². The van der Waals surface area contributed by atoms with Crippen molar-refractivity contribution < 1.29 is 0 Å². The number of hydrogen-bond acceptors (Lipinski definition) is 3. The fraction of sp³-hybridized carbons (Fsp3) is 0.370. The van der Waals surface area contributed by atoms with Gasteiger partial charge >= 0.3 is 0 Å². The van der Waals surface area contributed by atoms with Crippen molar-refractivity contribution in [2.45, 2.75) is 54.4 Å². The molecule has 0 aliphatic heterocycles. The van der Waals surface area contributed by atoms with E-state index in [1.807, 2.05) is 13.8 Å². The van der Waals surface area contributed by atoms with Gasteiger partial charge in [0.1, 0.15) is 0 Å². The zero-order valence-corrected chi connectivity index (χ0v) is 19.4. The van der Waals surface area contributed by atoms with E-state index in [9.17, 15) is 0 Å². The summed E-state index contributed by atoms with van der Waals surface area (Å²) in [6.45, 7) is 12.9. The number of aryl methyl sites for hydroxylation is 1. The summed E-state index contributed by atoms with van der Waals surface area (Å²) in [5, 5.41) is 8.10. The average Bonchev–Trinajstić information content (AvgIpc) is 3.14. The molecule has 4 rings (SSSR count). The van der Waals surface area contributed by atoms with E-state index in [4.69, 9.17) is 4.98 Å². The van der Waals surface area contributed by atoms with E-state index in [1.54, 1.807) is 7.05 Å². The van der Waals surface area contributed by atoms with Gasteiger partial charge in [0.2, 0.25) is 0 Å². The van der Waals surface area contributed by atoms with Crippen LogP contribution in [0.15, 0.2) is 64.0 Å². The molecule has 0 saturated carbocycles. The third kappa shape index (κ3) is 4.21. The van der Waals surface area contributed by atoms with E-state index in [-0.39, 0.29) is 0 Å². The van der Waals surface area contributed by atoms with Crippen molar-refractivity contribution in [3.63, 3.8) is 0 Å². The van der Waals surface area contributed by atoms with Crippen LogP contribution in [0.25, 0.3) is 11.1 Å². The summed E-state index contributed by atoms with van der Waals surface area (Å²) >= 11 is 0. The van der Waals surface area contributed by atoms with Crippen molar-refractivity contribution in [1.82, 2.24) is 4.98 Å². The molecule has 2 aliphatic carbocycles. The highest BCUT2D eigenvalue weighted by Crippen LogP contribution is 2.39. The largest absolute Gasteiger partial charge is 0.260 e. The predicted octanol–water partition coefficient (Wildman–Crippen LogP) is 7.88. The van der Waals surface area contributed by atoms with Crippen LogP contribution in [0.2, 0.25) is 0 Å². The van der Waals surface area contributed by atoms with E-state index in [1.165, 1.54) is 39.0 Å². The maximum absolute atomic E-state index is 4.82. The molecule has 0 bridgehead atoms. The number of hydrogen-bond donors (Lipinski definition) is 0. The fourth-order valence-electron chi connectivity index (χ4n) is 4.62. The van der Waals surface area contributed by atoms with Crippen LogP contribution in [0.1, 0.15) is 69.0 Å². The lowest BCUT2D eigenvalue weighted by atomic mass is 9.83. The Bertz CT molecular complexity index is 1070. The molecule has 2 aromatic rings. The third-order valence-corrected chi connectivity index (χ3v) is 5.75. The van der Waals surface area contributed by atoms with Crippen molar-refractivity contribution in [2.75, 3.05) is 7.05 Å². The molecule has 156 valence electrons. The van der Waals surface area contributed by atoms with Gasteiger partial charge in [-0.15, -0.1) is 0 Å². The van der Waals surface area contributed by atoms with Gasteiger partial charge in [-0.1, -0.05) is 44.6 Å². The molecule has 30 heavy (non-hydrogen) atoms. The summed E-state index contributed by atoms with van der Waals surface area (Å²) in [4.78, 5) is 4.82. The summed E-state index contributed by atoms with van der Waals surface area (Å²) in [7, 11) is 1.70. The number of nitrogens with zero attached hydrogens (tertiary/aromatic N) is 3. The van der Waals surface area contributed by atoms with E-state index >= 15 is 0 Å². The van der Waals surface area contributed by atoms with Crippen LogP contribution in [0.3, 0.4) is 0 Å². The lowest BCUT2D eigenvalue weighted by Crippen LogP contribution is -2.05. The van der Waals surface area contributed by atoms with E-state index in [0.29, 0.717) is 5.92 Å². The Morgan fingerprint density at radius 1 is 1.03 bits per heavy atom. The standard InChI is InChI=1S/C25H27N3.C2H6/c1-15-10-17(3)25(18(4)11-15)20-13-22-21(7-9-24(22)27-14-20)19-6-8-23(28-26-5)16(2)12-19;1-2/h6-8,10,12-15H,9,11H2,1-5H3;1-2H3. The van der Waals surface area contributed by atoms with Crippen LogP contribution >= 0.6 is 0 Å². The number of pyridine rings is 1. The Balaban J connectivity index is 0.00000124. The molecule has 1 aromatic heterocycles. The zero-order valence-electron chi connectivity index (χ0n) is 19.4. The molecule has 0 radical (unpaired) electrons. The van der Waals surface area contributed by atoms with Gasteiger partial charge in [0.15, 0.2) is 0 Å². The zero-order chi connectivity index (χ0) is 21.8. The normalized spacial score (nSPS) is 18.0. The first-order valence-electron chi connectivity index (χ1n) is 11.0. The monoisotopic (exact) mass is 399 g/mol. The Morgan fingerprint density at radius 2 is 1.80 bits per heavy atom. The van der Waals surface area contributed by atoms with Crippen LogP contribution in [-0.2, 0) is 6.42 Å². The highest BCUT2D eigenvalue weighted by molar-refractivity contribution is 5.88. The first-order chi connectivity index (χ1) is 14.5. The molecule has 0 fully saturated rings. The van der Waals surface area contributed by atoms with Crippen LogP contribution in [0.5, 0.6) is 0 Å². The molecule has 1 atom stereocenters. The van der Waals surface area contributed by atoms with Gasteiger partial charge in [0, 0.05) is 30.8 Å². The topological polar surface area (TPSA) is 37.6 Å². The van der Waals surface area contributed by atoms with E-state index in [0.717, 1.165) is 29.8 Å². The number of aromatic nitrogens is 1. The predicted molar refractivity (Wildman–Crippen MR) is 128 cm³/mol. The first-order valence-corrected chi connectivity index (χ1v) is 11.0. The van der Waals surface area contributed by atoms with Crippen LogP contribution in [-0.4, -0.2) is 12.0 Å². The average molecular weight is 400 g/mol. The quantitative estimate of drug-likeness (QED) is 0.484. The SMILES string of the molecule is CC.CN=Nc1ccc(C2=CCc3ncc(C4=C(C)CC(C)C=C4C)cc32)cc1C. The van der Waals surface area contributed by atoms with Crippen molar-refractivity contribution in [2.24, 2.45) is 16.1 Å². The minimum Gasteiger partial charge on any atom is -0.260 e. The first kappa shape index (κ1) is 21.9. The molecule has 1 aromatic carbocycles. The maximum Gasteiger partial charge on any atom is 0.0881 e. The van der Waals surface area contributed by atoms with Crippen LogP contribution in [0, 0.1) is 12.8 Å². The van der Waals surface area contributed by atoms with Crippen molar-refractivity contribution in [3.05, 3.63) is 81.7 Å². The summed E-state index contributed by atoms with van der Waals surface area (Å²) in [5.74, 6) is 0.614. The molecular formula is C27H33N3. The molecule has 1 heterocycles. The third-order valence-electron chi connectivity index (χ3n) is 5.75. The minimum absolute atomic E-state index is 0.614. The van der Waals surface area contributed by atoms with Crippen LogP contribution in [0.4, 0.5) is 5.69 Å². The highest BCUT2D eigenvalue weighted by Gasteiger charge is 2.21. The second kappa shape index (κ2) is 9.34. The van der Waals surface area contributed by atoms with Gasteiger partial charge in [-0.2, -0.15) is 10.2 Å². The summed E-state index contributed by atoms with van der Waals surface area (Å²) in [6.07, 6.45) is 8.75. The molecule has 1 unspecified atom stereocenters. The maximum atomic E-state index is 4.82. The molecule has 3 nitrogen and oxygen atoms in total. The van der Waals surface area contributed by atoms with Gasteiger partial charge < -0.3 is 0 Å². The van der Waals surface area contributed by atoms with Crippen molar-refractivity contribution in [3.8, 4) is 0 Å². The molecule has 0 spiro atoms. The second-order valence-electron chi connectivity index (χ2n) is 8.03. The number of allylic oxidation sites excluding steroid dienone is 5. The molecule has 0 saturated heterocycles. The van der Waals surface area contributed by atoms with Gasteiger partial charge in [-0.3, -0.25) is 4.98 Å². The molecule has 2 aliphatic rings. The smallest absolute Gasteiger partial charge is 0.0881 e. The van der Waals surface area contributed by atoms with Gasteiger partial charge in [-0.25, -0.2) is 0 Å². The molecule has 0 N–H and O–H groups in total. The number of benzene rings is 1.